The van der Waals surface area contributed by atoms with Crippen LogP contribution < -0.4 is 0 Å². The summed E-state index contributed by atoms with van der Waals surface area (Å²) >= 11 is 0. The second-order valence-electron chi connectivity index (χ2n) is 2.65. The first-order valence-corrected chi connectivity index (χ1v) is 3.62. The van der Waals surface area contributed by atoms with Gasteiger partial charge in [0.2, 0.25) is 0 Å². The summed E-state index contributed by atoms with van der Waals surface area (Å²) < 4.78 is 0. The van der Waals surface area contributed by atoms with Crippen molar-refractivity contribution in [3.05, 3.63) is 0 Å². The Bertz CT molecular complexity index is 158. The predicted octanol–water partition coefficient (Wildman–Crippen LogP) is -1.96. The van der Waals surface area contributed by atoms with Gasteiger partial charge in [0, 0.05) is 13.0 Å². The monoisotopic (exact) mass is 178 g/mol. The van der Waals surface area contributed by atoms with Gasteiger partial charge in [-0.3, -0.25) is 4.79 Å². The average Bonchev–Trinajstić information content (AvgIpc) is 2.03. The van der Waals surface area contributed by atoms with Gasteiger partial charge in [-0.15, -0.1) is 0 Å². The fraction of sp³-hybridized carbons (Fsp3) is 0.857. The normalized spacial score (nSPS) is 18.4. The molecule has 72 valence electrons. The molecule has 0 heterocycles. The highest BCUT2D eigenvalue weighted by atomic mass is 16.4. The highest BCUT2D eigenvalue weighted by Gasteiger charge is 2.39. The zero-order chi connectivity index (χ0) is 9.78. The summed E-state index contributed by atoms with van der Waals surface area (Å²) in [6.07, 6.45) is -1.81. The van der Waals surface area contributed by atoms with E-state index in [9.17, 15) is 9.90 Å². The lowest BCUT2D eigenvalue weighted by Crippen LogP contribution is -2.50. The van der Waals surface area contributed by atoms with E-state index in [1.165, 1.54) is 0 Å². The van der Waals surface area contributed by atoms with Gasteiger partial charge in [0.25, 0.3) is 0 Å². The Morgan fingerprint density at radius 1 is 1.50 bits per heavy atom. The van der Waals surface area contributed by atoms with Crippen molar-refractivity contribution >= 4 is 5.78 Å². The maximum atomic E-state index is 10.8. The van der Waals surface area contributed by atoms with E-state index in [1.807, 2.05) is 0 Å². The van der Waals surface area contributed by atoms with E-state index in [4.69, 9.17) is 15.3 Å². The van der Waals surface area contributed by atoms with Crippen LogP contribution in [0.3, 0.4) is 0 Å². The van der Waals surface area contributed by atoms with Crippen molar-refractivity contribution in [1.29, 1.82) is 0 Å². The largest absolute Gasteiger partial charge is 0.396 e. The van der Waals surface area contributed by atoms with Crippen molar-refractivity contribution in [2.75, 3.05) is 13.2 Å². The summed E-state index contributed by atoms with van der Waals surface area (Å²) in [4.78, 5) is 10.8. The fourth-order valence-electron chi connectivity index (χ4n) is 0.899. The molecule has 0 aromatic rings. The minimum atomic E-state index is -2.02. The molecule has 0 radical (unpaired) electrons. The first-order chi connectivity index (χ1) is 5.49. The molecule has 5 nitrogen and oxygen atoms in total. The lowest BCUT2D eigenvalue weighted by Gasteiger charge is -2.28. The van der Waals surface area contributed by atoms with Crippen LogP contribution in [0.5, 0.6) is 0 Å². The summed E-state index contributed by atoms with van der Waals surface area (Å²) in [5.41, 5.74) is -2.02. The van der Waals surface area contributed by atoms with E-state index >= 15 is 0 Å². The van der Waals surface area contributed by atoms with Crippen LogP contribution in [0.25, 0.3) is 0 Å². The highest BCUT2D eigenvalue weighted by Crippen LogP contribution is 2.16. The number of ketones is 1. The molecule has 0 fully saturated rings. The minimum absolute atomic E-state index is 0.274. The molecule has 12 heavy (non-hydrogen) atoms. The van der Waals surface area contributed by atoms with Gasteiger partial charge in [0.1, 0.15) is 6.10 Å². The lowest BCUT2D eigenvalue weighted by atomic mass is 9.89. The smallest absolute Gasteiger partial charge is 0.164 e. The molecule has 4 N–H and O–H groups in total. The van der Waals surface area contributed by atoms with Crippen molar-refractivity contribution in [1.82, 2.24) is 0 Å². The first kappa shape index (κ1) is 11.5. The molecule has 0 saturated heterocycles. The number of aliphatic hydroxyl groups is 4. The van der Waals surface area contributed by atoms with Crippen LogP contribution >= 0.6 is 0 Å². The van der Waals surface area contributed by atoms with Crippen LogP contribution in [0.2, 0.25) is 0 Å². The summed E-state index contributed by atoms with van der Waals surface area (Å²) in [6, 6.07) is 0. The Balaban J connectivity index is 4.48. The lowest BCUT2D eigenvalue weighted by molar-refractivity contribution is -0.154. The second-order valence-corrected chi connectivity index (χ2v) is 2.65. The number of hydrogen-bond donors (Lipinski definition) is 4. The number of carbonyl (C=O) groups is 1. The van der Waals surface area contributed by atoms with Crippen molar-refractivity contribution in [2.24, 2.45) is 0 Å². The quantitative estimate of drug-likeness (QED) is 0.392. The molecule has 0 saturated carbocycles. The van der Waals surface area contributed by atoms with Gasteiger partial charge < -0.3 is 20.4 Å². The third-order valence-corrected chi connectivity index (χ3v) is 1.83. The second kappa shape index (κ2) is 4.51. The third-order valence-electron chi connectivity index (χ3n) is 1.83. The Morgan fingerprint density at radius 2 is 2.00 bits per heavy atom. The van der Waals surface area contributed by atoms with Crippen LogP contribution in [0.15, 0.2) is 0 Å². The molecule has 0 bridgehead atoms. The predicted molar refractivity (Wildman–Crippen MR) is 40.4 cm³/mol. The number of aliphatic hydroxyl groups excluding tert-OH is 3. The van der Waals surface area contributed by atoms with Gasteiger partial charge in [-0.25, -0.2) is 0 Å². The average molecular weight is 178 g/mol. The molecule has 0 aliphatic carbocycles. The first-order valence-electron chi connectivity index (χ1n) is 3.62. The van der Waals surface area contributed by atoms with Crippen molar-refractivity contribution in [2.45, 2.75) is 25.0 Å². The van der Waals surface area contributed by atoms with E-state index in [-0.39, 0.29) is 6.42 Å². The van der Waals surface area contributed by atoms with Crippen LogP contribution in [0, 0.1) is 0 Å². The van der Waals surface area contributed by atoms with Gasteiger partial charge in [-0.05, 0) is 6.92 Å². The molecule has 5 heteroatoms. The Morgan fingerprint density at radius 3 is 2.25 bits per heavy atom. The molecule has 0 aliphatic rings. The topological polar surface area (TPSA) is 98.0 Å². The fourth-order valence-corrected chi connectivity index (χ4v) is 0.899. The number of Topliss-reactive ketones (excluding diaryl/α,β-unsaturated/α-hetero) is 1. The molecule has 0 aromatic carbocycles. The number of hydrogen-bond acceptors (Lipinski definition) is 5. The summed E-state index contributed by atoms with van der Waals surface area (Å²) in [5.74, 6) is -0.668. The standard InChI is InChI=1S/C7H14O5/c1-5(10)7(12,2-3-8)6(11)4-9/h6,8-9,11-12H,2-4H2,1H3/t6-,7-/m1/s1. The number of rotatable bonds is 5. The van der Waals surface area contributed by atoms with Crippen LogP contribution in [-0.4, -0.2) is 51.1 Å². The van der Waals surface area contributed by atoms with E-state index in [1.54, 1.807) is 0 Å². The Labute approximate surface area is 70.3 Å². The maximum absolute atomic E-state index is 10.8. The van der Waals surface area contributed by atoms with Crippen molar-refractivity contribution < 1.29 is 25.2 Å². The summed E-state index contributed by atoms with van der Waals surface area (Å²) in [6.45, 7) is -0.0439. The van der Waals surface area contributed by atoms with E-state index in [2.05, 4.69) is 0 Å². The van der Waals surface area contributed by atoms with E-state index < -0.39 is 30.7 Å². The van der Waals surface area contributed by atoms with Gasteiger partial charge in [0.15, 0.2) is 11.4 Å². The maximum Gasteiger partial charge on any atom is 0.164 e. The van der Waals surface area contributed by atoms with E-state index in [0.29, 0.717) is 0 Å². The molecule has 0 aliphatic heterocycles. The molecular formula is C7H14O5. The van der Waals surface area contributed by atoms with Crippen molar-refractivity contribution in [3.8, 4) is 0 Å². The van der Waals surface area contributed by atoms with Gasteiger partial charge in [-0.1, -0.05) is 0 Å². The molecule has 0 unspecified atom stereocenters. The Hall–Kier alpha value is -0.490. The SMILES string of the molecule is CC(=O)[C@](O)(CCO)[C@H](O)CO. The zero-order valence-corrected chi connectivity index (χ0v) is 6.90. The van der Waals surface area contributed by atoms with Crippen LogP contribution in [-0.2, 0) is 4.79 Å². The summed E-state index contributed by atoms with van der Waals surface area (Å²) in [7, 11) is 0. The van der Waals surface area contributed by atoms with Gasteiger partial charge in [0.05, 0.1) is 6.61 Å². The van der Waals surface area contributed by atoms with Crippen LogP contribution in [0.1, 0.15) is 13.3 Å². The van der Waals surface area contributed by atoms with Gasteiger partial charge in [-0.2, -0.15) is 0 Å². The zero-order valence-electron chi connectivity index (χ0n) is 6.90. The molecular weight excluding hydrogens is 164 g/mol. The van der Waals surface area contributed by atoms with Gasteiger partial charge >= 0.3 is 0 Å². The van der Waals surface area contributed by atoms with Crippen molar-refractivity contribution in [3.63, 3.8) is 0 Å². The number of carbonyl (C=O) groups excluding carboxylic acids is 1. The molecule has 0 rings (SSSR count). The van der Waals surface area contributed by atoms with Crippen LogP contribution in [0.4, 0.5) is 0 Å². The molecule has 0 amide bonds. The highest BCUT2D eigenvalue weighted by molar-refractivity contribution is 5.85. The molecule has 2 atom stereocenters. The minimum Gasteiger partial charge on any atom is -0.396 e. The molecule has 0 aromatic heterocycles. The Kier molecular flexibility index (Phi) is 4.33. The molecule has 0 spiro atoms. The van der Waals surface area contributed by atoms with E-state index in [0.717, 1.165) is 6.92 Å². The summed E-state index contributed by atoms with van der Waals surface area (Å²) in [5, 5.41) is 35.5. The third kappa shape index (κ3) is 2.25.